The average molecular weight is 277 g/mol. The third-order valence-electron chi connectivity index (χ3n) is 3.74. The van der Waals surface area contributed by atoms with Gasteiger partial charge in [-0.05, 0) is 44.6 Å². The van der Waals surface area contributed by atoms with Crippen LogP contribution in [0.3, 0.4) is 0 Å². The zero-order chi connectivity index (χ0) is 14.5. The van der Waals surface area contributed by atoms with Gasteiger partial charge in [-0.1, -0.05) is 11.2 Å². The molecule has 6 heteroatoms. The van der Waals surface area contributed by atoms with Crippen LogP contribution in [0.2, 0.25) is 0 Å². The van der Waals surface area contributed by atoms with Crippen LogP contribution in [-0.4, -0.2) is 59.6 Å². The van der Waals surface area contributed by atoms with E-state index in [1.54, 1.807) is 6.20 Å². The van der Waals surface area contributed by atoms with E-state index in [4.69, 9.17) is 10.9 Å². The number of hydrogen-bond acceptors (Lipinski definition) is 5. The van der Waals surface area contributed by atoms with E-state index >= 15 is 0 Å². The van der Waals surface area contributed by atoms with Gasteiger partial charge in [-0.25, -0.2) is 0 Å². The van der Waals surface area contributed by atoms with E-state index in [1.165, 1.54) is 13.0 Å². The summed E-state index contributed by atoms with van der Waals surface area (Å²) in [5.41, 5.74) is 7.21. The van der Waals surface area contributed by atoms with Crippen LogP contribution in [0, 0.1) is 5.92 Å². The Morgan fingerprint density at radius 1 is 1.65 bits per heavy atom. The highest BCUT2D eigenvalue weighted by atomic mass is 16.4. The molecule has 2 rings (SSSR count). The number of nitrogens with zero attached hydrogens (tertiary/aromatic N) is 4. The molecular weight excluding hydrogens is 254 g/mol. The Bertz CT molecular complexity index is 476. The van der Waals surface area contributed by atoms with Crippen molar-refractivity contribution in [2.75, 3.05) is 33.7 Å². The van der Waals surface area contributed by atoms with Crippen LogP contribution >= 0.6 is 0 Å². The average Bonchev–Trinajstić information content (AvgIpc) is 2.83. The highest BCUT2D eigenvalue weighted by Crippen LogP contribution is 2.16. The molecule has 1 atom stereocenters. The summed E-state index contributed by atoms with van der Waals surface area (Å²) in [6.45, 7) is 4.14. The Morgan fingerprint density at radius 3 is 3.10 bits per heavy atom. The molecule has 0 spiro atoms. The third-order valence-corrected chi connectivity index (χ3v) is 3.74. The minimum atomic E-state index is 0.0644. The van der Waals surface area contributed by atoms with Crippen LogP contribution in [0.15, 0.2) is 23.5 Å². The molecule has 0 bridgehead atoms. The summed E-state index contributed by atoms with van der Waals surface area (Å²) in [4.78, 5) is 8.83. The molecule has 1 aromatic rings. The largest absolute Gasteiger partial charge is 0.409 e. The van der Waals surface area contributed by atoms with Gasteiger partial charge >= 0.3 is 0 Å². The molecule has 0 radical (unpaired) electrons. The maximum atomic E-state index is 8.81. The molecule has 1 aromatic heterocycles. The Labute approximate surface area is 119 Å². The van der Waals surface area contributed by atoms with Crippen molar-refractivity contribution in [2.45, 2.75) is 13.0 Å². The second-order valence-corrected chi connectivity index (χ2v) is 5.61. The Kier molecular flexibility index (Phi) is 4.92. The first kappa shape index (κ1) is 14.7. The number of aromatic nitrogens is 1. The van der Waals surface area contributed by atoms with Crippen molar-refractivity contribution in [1.82, 2.24) is 14.8 Å². The van der Waals surface area contributed by atoms with E-state index in [9.17, 15) is 0 Å². The van der Waals surface area contributed by atoms with Gasteiger partial charge in [-0.15, -0.1) is 0 Å². The molecule has 0 aliphatic carbocycles. The highest BCUT2D eigenvalue weighted by Gasteiger charge is 2.21. The molecular formula is C14H23N5O. The van der Waals surface area contributed by atoms with E-state index in [0.717, 1.165) is 25.2 Å². The third kappa shape index (κ3) is 3.68. The van der Waals surface area contributed by atoms with Crippen LogP contribution < -0.4 is 5.73 Å². The molecule has 1 unspecified atom stereocenters. The van der Waals surface area contributed by atoms with Gasteiger partial charge in [0.2, 0.25) is 0 Å². The number of oxime groups is 1. The SMILES string of the molecule is CN1CCC(CN(C)Cc2cccnc2C(N)=NO)C1. The van der Waals surface area contributed by atoms with Gasteiger partial charge in [0.15, 0.2) is 5.84 Å². The first-order valence-electron chi connectivity index (χ1n) is 6.89. The lowest BCUT2D eigenvalue weighted by atomic mass is 10.1. The highest BCUT2D eigenvalue weighted by molar-refractivity contribution is 5.96. The fraction of sp³-hybridized carbons (Fsp3) is 0.571. The number of rotatable bonds is 5. The first-order chi connectivity index (χ1) is 9.60. The topological polar surface area (TPSA) is 78.0 Å². The number of amidine groups is 1. The Morgan fingerprint density at radius 2 is 2.45 bits per heavy atom. The van der Waals surface area contributed by atoms with Crippen molar-refractivity contribution in [3.8, 4) is 0 Å². The number of hydrogen-bond donors (Lipinski definition) is 2. The van der Waals surface area contributed by atoms with Gasteiger partial charge in [0.25, 0.3) is 0 Å². The number of nitrogens with two attached hydrogens (primary N) is 1. The molecule has 1 aliphatic rings. The van der Waals surface area contributed by atoms with Gasteiger partial charge in [0.1, 0.15) is 5.69 Å². The predicted octanol–water partition coefficient (Wildman–Crippen LogP) is 0.560. The van der Waals surface area contributed by atoms with E-state index in [1.807, 2.05) is 12.1 Å². The quantitative estimate of drug-likeness (QED) is 0.356. The van der Waals surface area contributed by atoms with Crippen molar-refractivity contribution >= 4 is 5.84 Å². The van der Waals surface area contributed by atoms with Gasteiger partial charge in [-0.2, -0.15) is 0 Å². The van der Waals surface area contributed by atoms with E-state index < -0.39 is 0 Å². The van der Waals surface area contributed by atoms with Gasteiger partial charge in [0, 0.05) is 25.8 Å². The van der Waals surface area contributed by atoms with Crippen LogP contribution in [0.5, 0.6) is 0 Å². The van der Waals surface area contributed by atoms with Crippen LogP contribution in [0.25, 0.3) is 0 Å². The second kappa shape index (κ2) is 6.67. The summed E-state index contributed by atoms with van der Waals surface area (Å²) in [7, 11) is 4.26. The summed E-state index contributed by atoms with van der Waals surface area (Å²) in [6.07, 6.45) is 2.91. The van der Waals surface area contributed by atoms with Gasteiger partial charge in [-0.3, -0.25) is 4.98 Å². The number of pyridine rings is 1. The summed E-state index contributed by atoms with van der Waals surface area (Å²) < 4.78 is 0. The van der Waals surface area contributed by atoms with Gasteiger partial charge < -0.3 is 20.7 Å². The lowest BCUT2D eigenvalue weighted by molar-refractivity contribution is 0.266. The zero-order valence-electron chi connectivity index (χ0n) is 12.2. The zero-order valence-corrected chi connectivity index (χ0v) is 12.2. The molecule has 0 saturated carbocycles. The fourth-order valence-corrected chi connectivity index (χ4v) is 2.82. The molecule has 110 valence electrons. The molecule has 20 heavy (non-hydrogen) atoms. The van der Waals surface area contributed by atoms with Crippen molar-refractivity contribution < 1.29 is 5.21 Å². The first-order valence-corrected chi connectivity index (χ1v) is 6.89. The second-order valence-electron chi connectivity index (χ2n) is 5.61. The van der Waals surface area contributed by atoms with E-state index in [0.29, 0.717) is 11.6 Å². The monoisotopic (exact) mass is 277 g/mol. The standard InChI is InChI=1S/C14H23N5O/c1-18-7-5-11(8-18)9-19(2)10-12-4-3-6-16-13(12)14(15)17-20/h3-4,6,11,20H,5,7-10H2,1-2H3,(H2,15,17). The van der Waals surface area contributed by atoms with Crippen molar-refractivity contribution in [3.63, 3.8) is 0 Å². The van der Waals surface area contributed by atoms with Crippen LogP contribution in [0.4, 0.5) is 0 Å². The maximum Gasteiger partial charge on any atom is 0.189 e. The van der Waals surface area contributed by atoms with Crippen LogP contribution in [-0.2, 0) is 6.54 Å². The smallest absolute Gasteiger partial charge is 0.189 e. The molecule has 1 saturated heterocycles. The van der Waals surface area contributed by atoms with E-state index in [-0.39, 0.29) is 5.84 Å². The Balaban J connectivity index is 1.99. The van der Waals surface area contributed by atoms with E-state index in [2.05, 4.69) is 34.0 Å². The fourth-order valence-electron chi connectivity index (χ4n) is 2.82. The summed E-state index contributed by atoms with van der Waals surface area (Å²) in [6, 6.07) is 3.85. The van der Waals surface area contributed by atoms with Crippen molar-refractivity contribution in [1.29, 1.82) is 0 Å². The Hall–Kier alpha value is -1.66. The van der Waals surface area contributed by atoms with Crippen molar-refractivity contribution in [2.24, 2.45) is 16.8 Å². The number of likely N-dealkylation sites (tertiary alicyclic amines) is 1. The predicted molar refractivity (Wildman–Crippen MR) is 78.7 cm³/mol. The van der Waals surface area contributed by atoms with Gasteiger partial charge in [0.05, 0.1) is 0 Å². The lowest BCUT2D eigenvalue weighted by Crippen LogP contribution is -2.28. The normalized spacial score (nSPS) is 20.8. The molecule has 1 fully saturated rings. The minimum Gasteiger partial charge on any atom is -0.409 e. The molecule has 2 heterocycles. The molecule has 1 aliphatic heterocycles. The summed E-state index contributed by atoms with van der Waals surface area (Å²) in [5, 5.41) is 11.9. The van der Waals surface area contributed by atoms with Crippen LogP contribution in [0.1, 0.15) is 17.7 Å². The molecule has 0 aromatic carbocycles. The minimum absolute atomic E-state index is 0.0644. The molecule has 6 nitrogen and oxygen atoms in total. The van der Waals surface area contributed by atoms with Crippen molar-refractivity contribution in [3.05, 3.63) is 29.6 Å². The maximum absolute atomic E-state index is 8.81. The lowest BCUT2D eigenvalue weighted by Gasteiger charge is -2.21. The molecule has 3 N–H and O–H groups in total. The summed E-state index contributed by atoms with van der Waals surface area (Å²) >= 11 is 0. The summed E-state index contributed by atoms with van der Waals surface area (Å²) in [5.74, 6) is 0.781. The molecule has 0 amide bonds.